The summed E-state index contributed by atoms with van der Waals surface area (Å²) in [5.41, 5.74) is 0. The summed E-state index contributed by atoms with van der Waals surface area (Å²) in [6.07, 6.45) is 4.19. The fourth-order valence-corrected chi connectivity index (χ4v) is 2.28. The van der Waals surface area contributed by atoms with Crippen LogP contribution in [0.25, 0.3) is 0 Å². The second-order valence-corrected chi connectivity index (χ2v) is 4.57. The minimum absolute atomic E-state index is 0.180. The van der Waals surface area contributed by atoms with Crippen molar-refractivity contribution in [1.29, 1.82) is 0 Å². The van der Waals surface area contributed by atoms with Crippen molar-refractivity contribution in [2.45, 2.75) is 37.8 Å². The van der Waals surface area contributed by atoms with E-state index >= 15 is 0 Å². The minimum Gasteiger partial charge on any atom is -0.492 e. The molecule has 0 aromatic heterocycles. The molecule has 2 rings (SSSR count). The second kappa shape index (κ2) is 6.62. The molecule has 0 spiro atoms. The average Bonchev–Trinajstić information content (AvgIpc) is 2.38. The molecule has 2 unspecified atom stereocenters. The number of rotatable bonds is 5. The molecule has 94 valence electrons. The molecule has 0 bridgehead atoms. The van der Waals surface area contributed by atoms with E-state index in [1.165, 1.54) is 6.42 Å². The number of aliphatic hydroxyl groups is 1. The Kier molecular flexibility index (Phi) is 4.83. The molecule has 0 amide bonds. The Labute approximate surface area is 103 Å². The zero-order valence-corrected chi connectivity index (χ0v) is 10.1. The maximum Gasteiger partial charge on any atom is 0.119 e. The number of aliphatic hydroxyl groups excluding tert-OH is 1. The lowest BCUT2D eigenvalue weighted by atomic mass is 9.93. The molecule has 1 saturated carbocycles. The molecule has 0 radical (unpaired) electrons. The lowest BCUT2D eigenvalue weighted by Gasteiger charge is -2.28. The topological polar surface area (TPSA) is 41.5 Å². The summed E-state index contributed by atoms with van der Waals surface area (Å²) in [5, 5.41) is 13.1. The monoisotopic (exact) mass is 235 g/mol. The van der Waals surface area contributed by atoms with Crippen LogP contribution in [-0.2, 0) is 0 Å². The van der Waals surface area contributed by atoms with E-state index in [4.69, 9.17) is 4.74 Å². The van der Waals surface area contributed by atoms with Gasteiger partial charge in [0.15, 0.2) is 0 Å². The van der Waals surface area contributed by atoms with Gasteiger partial charge in [-0.15, -0.1) is 0 Å². The Hall–Kier alpha value is -1.06. The van der Waals surface area contributed by atoms with Crippen LogP contribution in [0.4, 0.5) is 0 Å². The summed E-state index contributed by atoms with van der Waals surface area (Å²) in [5.74, 6) is 0.901. The summed E-state index contributed by atoms with van der Waals surface area (Å²) in [6, 6.07) is 10.1. The van der Waals surface area contributed by atoms with Crippen LogP contribution in [0.5, 0.6) is 5.75 Å². The number of benzene rings is 1. The SMILES string of the molecule is OC1CCCCC1NCCOc1ccccc1. The van der Waals surface area contributed by atoms with Crippen molar-refractivity contribution in [3.63, 3.8) is 0 Å². The van der Waals surface area contributed by atoms with E-state index in [2.05, 4.69) is 5.32 Å². The number of hydrogen-bond donors (Lipinski definition) is 2. The number of para-hydroxylation sites is 1. The summed E-state index contributed by atoms with van der Waals surface area (Å²) in [4.78, 5) is 0. The highest BCUT2D eigenvalue weighted by Crippen LogP contribution is 2.18. The van der Waals surface area contributed by atoms with Gasteiger partial charge in [-0.25, -0.2) is 0 Å². The van der Waals surface area contributed by atoms with Crippen LogP contribution in [0.2, 0.25) is 0 Å². The number of ether oxygens (including phenoxy) is 1. The zero-order valence-electron chi connectivity index (χ0n) is 10.1. The molecule has 0 aliphatic heterocycles. The third-order valence-electron chi connectivity index (χ3n) is 3.25. The van der Waals surface area contributed by atoms with Crippen LogP contribution < -0.4 is 10.1 Å². The Morgan fingerprint density at radius 1 is 1.18 bits per heavy atom. The molecule has 3 heteroatoms. The lowest BCUT2D eigenvalue weighted by Crippen LogP contribution is -2.43. The molecule has 0 heterocycles. The normalized spacial score (nSPS) is 24.5. The van der Waals surface area contributed by atoms with E-state index in [0.717, 1.165) is 31.6 Å². The van der Waals surface area contributed by atoms with Crippen LogP contribution in [-0.4, -0.2) is 30.4 Å². The maximum absolute atomic E-state index is 9.78. The molecule has 1 aromatic rings. The van der Waals surface area contributed by atoms with Crippen molar-refractivity contribution in [1.82, 2.24) is 5.32 Å². The van der Waals surface area contributed by atoms with E-state index < -0.39 is 0 Å². The van der Waals surface area contributed by atoms with Crippen LogP contribution >= 0.6 is 0 Å². The summed E-state index contributed by atoms with van der Waals surface area (Å²) >= 11 is 0. The first-order valence-electron chi connectivity index (χ1n) is 6.45. The first kappa shape index (κ1) is 12.4. The van der Waals surface area contributed by atoms with Gasteiger partial charge in [0.2, 0.25) is 0 Å². The zero-order chi connectivity index (χ0) is 11.9. The third-order valence-corrected chi connectivity index (χ3v) is 3.25. The molecule has 3 nitrogen and oxygen atoms in total. The first-order chi connectivity index (χ1) is 8.36. The van der Waals surface area contributed by atoms with Crippen molar-refractivity contribution in [3.8, 4) is 5.75 Å². The number of nitrogens with one attached hydrogen (secondary N) is 1. The Balaban J connectivity index is 1.63. The predicted molar refractivity (Wildman–Crippen MR) is 68.2 cm³/mol. The van der Waals surface area contributed by atoms with Gasteiger partial charge in [0, 0.05) is 12.6 Å². The van der Waals surface area contributed by atoms with Crippen LogP contribution in [0.15, 0.2) is 30.3 Å². The lowest BCUT2D eigenvalue weighted by molar-refractivity contribution is 0.0890. The van der Waals surface area contributed by atoms with E-state index in [1.807, 2.05) is 30.3 Å². The summed E-state index contributed by atoms with van der Waals surface area (Å²) in [7, 11) is 0. The van der Waals surface area contributed by atoms with Gasteiger partial charge < -0.3 is 15.2 Å². The molecular weight excluding hydrogens is 214 g/mol. The minimum atomic E-state index is -0.180. The van der Waals surface area contributed by atoms with Gasteiger partial charge in [0.1, 0.15) is 12.4 Å². The molecule has 2 N–H and O–H groups in total. The Bertz CT molecular complexity index is 315. The van der Waals surface area contributed by atoms with Gasteiger partial charge in [-0.1, -0.05) is 31.0 Å². The van der Waals surface area contributed by atoms with Crippen LogP contribution in [0, 0.1) is 0 Å². The highest BCUT2D eigenvalue weighted by molar-refractivity contribution is 5.20. The van der Waals surface area contributed by atoms with Crippen molar-refractivity contribution in [2.24, 2.45) is 0 Å². The van der Waals surface area contributed by atoms with Crippen LogP contribution in [0.1, 0.15) is 25.7 Å². The largest absolute Gasteiger partial charge is 0.492 e. The molecule has 1 fully saturated rings. The standard InChI is InChI=1S/C14H21NO2/c16-14-9-5-4-8-13(14)15-10-11-17-12-6-2-1-3-7-12/h1-3,6-7,13-16H,4-5,8-11H2. The predicted octanol–water partition coefficient (Wildman–Crippen LogP) is 1.96. The van der Waals surface area contributed by atoms with E-state index in [9.17, 15) is 5.11 Å². The molecule has 2 atom stereocenters. The Morgan fingerprint density at radius 3 is 2.71 bits per heavy atom. The Morgan fingerprint density at radius 2 is 1.94 bits per heavy atom. The van der Waals surface area contributed by atoms with Crippen molar-refractivity contribution in [2.75, 3.05) is 13.2 Å². The third kappa shape index (κ3) is 4.02. The molecule has 1 aromatic carbocycles. The molecule has 17 heavy (non-hydrogen) atoms. The molecule has 0 saturated heterocycles. The summed E-state index contributed by atoms with van der Waals surface area (Å²) < 4.78 is 5.59. The van der Waals surface area contributed by atoms with Gasteiger partial charge >= 0.3 is 0 Å². The number of hydrogen-bond acceptors (Lipinski definition) is 3. The highest BCUT2D eigenvalue weighted by atomic mass is 16.5. The first-order valence-corrected chi connectivity index (χ1v) is 6.45. The van der Waals surface area contributed by atoms with Crippen molar-refractivity contribution >= 4 is 0 Å². The van der Waals surface area contributed by atoms with Crippen molar-refractivity contribution < 1.29 is 9.84 Å². The van der Waals surface area contributed by atoms with Gasteiger partial charge in [-0.2, -0.15) is 0 Å². The van der Waals surface area contributed by atoms with E-state index in [-0.39, 0.29) is 12.1 Å². The molecule has 1 aliphatic rings. The van der Waals surface area contributed by atoms with E-state index in [0.29, 0.717) is 6.61 Å². The van der Waals surface area contributed by atoms with Gasteiger partial charge in [0.25, 0.3) is 0 Å². The van der Waals surface area contributed by atoms with Gasteiger partial charge in [-0.3, -0.25) is 0 Å². The quantitative estimate of drug-likeness (QED) is 0.767. The average molecular weight is 235 g/mol. The van der Waals surface area contributed by atoms with Gasteiger partial charge in [0.05, 0.1) is 6.10 Å². The maximum atomic E-state index is 9.78. The molecule has 1 aliphatic carbocycles. The van der Waals surface area contributed by atoms with Crippen LogP contribution in [0.3, 0.4) is 0 Å². The van der Waals surface area contributed by atoms with E-state index in [1.54, 1.807) is 0 Å². The van der Waals surface area contributed by atoms with Gasteiger partial charge in [-0.05, 0) is 25.0 Å². The summed E-state index contributed by atoms with van der Waals surface area (Å²) in [6.45, 7) is 1.43. The van der Waals surface area contributed by atoms with Crippen molar-refractivity contribution in [3.05, 3.63) is 30.3 Å². The molecular formula is C14H21NO2. The highest BCUT2D eigenvalue weighted by Gasteiger charge is 2.21. The smallest absolute Gasteiger partial charge is 0.119 e. The fourth-order valence-electron chi connectivity index (χ4n) is 2.28. The fraction of sp³-hybridized carbons (Fsp3) is 0.571. The second-order valence-electron chi connectivity index (χ2n) is 4.57.